The molecule has 0 rings (SSSR count). The van der Waals surface area contributed by atoms with Gasteiger partial charge in [0.05, 0.1) is 19.0 Å². The van der Waals surface area contributed by atoms with Crippen LogP contribution in [0.3, 0.4) is 0 Å². The minimum absolute atomic E-state index is 0.0771. The van der Waals surface area contributed by atoms with Crippen molar-refractivity contribution in [3.63, 3.8) is 0 Å². The number of hydrogen-bond acceptors (Lipinski definition) is 6. The normalized spacial score (nSPS) is 13.4. The van der Waals surface area contributed by atoms with Crippen molar-refractivity contribution in [2.24, 2.45) is 10.6 Å². The molecule has 0 spiro atoms. The zero-order valence-corrected chi connectivity index (χ0v) is 13.2. The SMILES string of the molecule is CCO/C(C)=N/OCCCS(=O)(=O)OCC(C)(C)C. The molecule has 0 aliphatic rings. The molecule has 6 nitrogen and oxygen atoms in total. The molecule has 0 atom stereocenters. The number of nitrogens with zero attached hydrogens (tertiary/aromatic N) is 1. The van der Waals surface area contributed by atoms with E-state index in [2.05, 4.69) is 5.16 Å². The number of hydrogen-bond donors (Lipinski definition) is 0. The summed E-state index contributed by atoms with van der Waals surface area (Å²) in [7, 11) is -3.49. The second-order valence-electron chi connectivity index (χ2n) is 5.31. The Morgan fingerprint density at radius 2 is 1.89 bits per heavy atom. The Morgan fingerprint density at radius 1 is 1.26 bits per heavy atom. The molecule has 0 fully saturated rings. The molecule has 0 saturated heterocycles. The van der Waals surface area contributed by atoms with Crippen molar-refractivity contribution in [3.8, 4) is 0 Å². The summed E-state index contributed by atoms with van der Waals surface area (Å²) in [6.45, 7) is 10.2. The lowest BCUT2D eigenvalue weighted by Crippen LogP contribution is -2.20. The van der Waals surface area contributed by atoms with Gasteiger partial charge in [0.1, 0.15) is 6.61 Å². The van der Waals surface area contributed by atoms with Gasteiger partial charge in [0.15, 0.2) is 0 Å². The van der Waals surface area contributed by atoms with Crippen LogP contribution in [0.2, 0.25) is 0 Å². The Balaban J connectivity index is 3.85. The fraction of sp³-hybridized carbons (Fsp3) is 0.917. The summed E-state index contributed by atoms with van der Waals surface area (Å²) in [5.41, 5.74) is -0.178. The van der Waals surface area contributed by atoms with E-state index >= 15 is 0 Å². The van der Waals surface area contributed by atoms with Gasteiger partial charge in [-0.2, -0.15) is 8.42 Å². The summed E-state index contributed by atoms with van der Waals surface area (Å²) in [6, 6.07) is 0. The highest BCUT2D eigenvalue weighted by atomic mass is 32.2. The Kier molecular flexibility index (Phi) is 8.01. The standard InChI is InChI=1S/C12H25NO5S/c1-6-16-11(2)13-17-8-7-9-19(14,15)18-10-12(3,4)5/h6-10H2,1-5H3/b13-11+. The Labute approximate surface area is 116 Å². The van der Waals surface area contributed by atoms with Gasteiger partial charge in [-0.25, -0.2) is 0 Å². The molecule has 114 valence electrons. The second-order valence-corrected chi connectivity index (χ2v) is 7.07. The summed E-state index contributed by atoms with van der Waals surface area (Å²) in [5, 5.41) is 3.68. The van der Waals surface area contributed by atoms with Gasteiger partial charge in [-0.15, -0.1) is 0 Å². The van der Waals surface area contributed by atoms with Crippen molar-refractivity contribution < 1.29 is 22.2 Å². The van der Waals surface area contributed by atoms with Crippen LogP contribution in [0.25, 0.3) is 0 Å². The first-order chi connectivity index (χ1) is 8.66. The molecule has 0 bridgehead atoms. The minimum Gasteiger partial charge on any atom is -0.479 e. The molecule has 0 aliphatic carbocycles. The van der Waals surface area contributed by atoms with Crippen molar-refractivity contribution in [2.75, 3.05) is 25.6 Å². The van der Waals surface area contributed by atoms with Crippen LogP contribution in [0, 0.1) is 5.41 Å². The lowest BCUT2D eigenvalue weighted by Gasteiger charge is -2.17. The highest BCUT2D eigenvalue weighted by molar-refractivity contribution is 7.86. The molecule has 0 N–H and O–H groups in total. The van der Waals surface area contributed by atoms with Crippen LogP contribution in [-0.2, 0) is 23.9 Å². The molecule has 0 unspecified atom stereocenters. The molecular formula is C12H25NO5S. The van der Waals surface area contributed by atoms with Crippen molar-refractivity contribution in [3.05, 3.63) is 0 Å². The third kappa shape index (κ3) is 12.0. The zero-order valence-electron chi connectivity index (χ0n) is 12.4. The van der Waals surface area contributed by atoms with Gasteiger partial charge in [0.2, 0.25) is 5.90 Å². The van der Waals surface area contributed by atoms with E-state index in [1.54, 1.807) is 6.92 Å². The molecule has 0 amide bonds. The van der Waals surface area contributed by atoms with E-state index in [1.165, 1.54) is 0 Å². The molecule has 0 radical (unpaired) electrons. The van der Waals surface area contributed by atoms with Crippen molar-refractivity contribution in [1.82, 2.24) is 0 Å². The molecular weight excluding hydrogens is 270 g/mol. The van der Waals surface area contributed by atoms with E-state index in [1.807, 2.05) is 27.7 Å². The summed E-state index contributed by atoms with van der Waals surface area (Å²) in [5.74, 6) is 0.348. The van der Waals surface area contributed by atoms with Crippen molar-refractivity contribution in [1.29, 1.82) is 0 Å². The summed E-state index contributed by atoms with van der Waals surface area (Å²) < 4.78 is 33.0. The molecule has 0 saturated carbocycles. The largest absolute Gasteiger partial charge is 0.479 e. The molecule has 0 heterocycles. The van der Waals surface area contributed by atoms with Crippen LogP contribution < -0.4 is 0 Å². The topological polar surface area (TPSA) is 74.2 Å². The fourth-order valence-corrected chi connectivity index (χ4v) is 2.12. The van der Waals surface area contributed by atoms with E-state index in [4.69, 9.17) is 13.8 Å². The first-order valence-corrected chi connectivity index (χ1v) is 7.90. The Bertz CT molecular complexity index is 370. The Morgan fingerprint density at radius 3 is 2.42 bits per heavy atom. The summed E-state index contributed by atoms with van der Waals surface area (Å²) in [6.07, 6.45) is 0.329. The van der Waals surface area contributed by atoms with Crippen LogP contribution >= 0.6 is 0 Å². The third-order valence-electron chi connectivity index (χ3n) is 1.85. The van der Waals surface area contributed by atoms with Gasteiger partial charge >= 0.3 is 0 Å². The highest BCUT2D eigenvalue weighted by Gasteiger charge is 2.17. The maximum Gasteiger partial charge on any atom is 0.267 e. The van der Waals surface area contributed by atoms with Crippen LogP contribution in [0.4, 0.5) is 0 Å². The Hall–Kier alpha value is -0.820. The van der Waals surface area contributed by atoms with E-state index in [0.717, 1.165) is 0 Å². The van der Waals surface area contributed by atoms with Gasteiger partial charge in [-0.3, -0.25) is 4.18 Å². The monoisotopic (exact) mass is 295 g/mol. The van der Waals surface area contributed by atoms with E-state index < -0.39 is 10.1 Å². The third-order valence-corrected chi connectivity index (χ3v) is 3.11. The van der Waals surface area contributed by atoms with Crippen LogP contribution in [-0.4, -0.2) is 39.9 Å². The second kappa shape index (κ2) is 8.37. The molecule has 0 aromatic carbocycles. The average Bonchev–Trinajstić information content (AvgIpc) is 2.25. The van der Waals surface area contributed by atoms with E-state index in [-0.39, 0.29) is 24.4 Å². The summed E-state index contributed by atoms with van der Waals surface area (Å²) >= 11 is 0. The molecule has 0 aliphatic heterocycles. The van der Waals surface area contributed by atoms with Crippen molar-refractivity contribution >= 4 is 16.0 Å². The molecule has 7 heteroatoms. The lowest BCUT2D eigenvalue weighted by atomic mass is 9.99. The van der Waals surface area contributed by atoms with Crippen molar-refractivity contribution in [2.45, 2.75) is 41.0 Å². The number of oxime groups is 1. The minimum atomic E-state index is -3.49. The van der Waals surface area contributed by atoms with Crippen LogP contribution in [0.1, 0.15) is 41.0 Å². The smallest absolute Gasteiger partial charge is 0.267 e. The predicted molar refractivity (Wildman–Crippen MR) is 74.5 cm³/mol. The maximum absolute atomic E-state index is 11.5. The fourth-order valence-electron chi connectivity index (χ4n) is 0.998. The van der Waals surface area contributed by atoms with Gasteiger partial charge in [-0.1, -0.05) is 25.9 Å². The lowest BCUT2D eigenvalue weighted by molar-refractivity contribution is 0.132. The van der Waals surface area contributed by atoms with Gasteiger partial charge in [0.25, 0.3) is 10.1 Å². The van der Waals surface area contributed by atoms with E-state index in [9.17, 15) is 8.42 Å². The van der Waals surface area contributed by atoms with Crippen LogP contribution in [0.15, 0.2) is 5.16 Å². The first-order valence-electron chi connectivity index (χ1n) is 6.33. The molecule has 19 heavy (non-hydrogen) atoms. The van der Waals surface area contributed by atoms with Gasteiger partial charge in [-0.05, 0) is 12.3 Å². The van der Waals surface area contributed by atoms with Crippen LogP contribution in [0.5, 0.6) is 0 Å². The average molecular weight is 295 g/mol. The van der Waals surface area contributed by atoms with E-state index in [0.29, 0.717) is 18.9 Å². The number of rotatable bonds is 8. The molecule has 0 aromatic rings. The predicted octanol–water partition coefficient (Wildman–Crippen LogP) is 2.16. The first kappa shape index (κ1) is 18.2. The summed E-state index contributed by atoms with van der Waals surface area (Å²) in [4.78, 5) is 4.93. The quantitative estimate of drug-likeness (QED) is 0.225. The van der Waals surface area contributed by atoms with Gasteiger partial charge < -0.3 is 9.57 Å². The maximum atomic E-state index is 11.5. The molecule has 0 aromatic heterocycles. The van der Waals surface area contributed by atoms with Gasteiger partial charge in [0, 0.05) is 13.3 Å². The number of ether oxygens (including phenoxy) is 1. The highest BCUT2D eigenvalue weighted by Crippen LogP contribution is 2.14. The zero-order chi connectivity index (χ0) is 14.9.